The highest BCUT2D eigenvalue weighted by molar-refractivity contribution is 5.98. The van der Waals surface area contributed by atoms with Crippen molar-refractivity contribution in [3.63, 3.8) is 0 Å². The molecule has 0 radical (unpaired) electrons. The maximum atomic E-state index is 12.3. The van der Waals surface area contributed by atoms with Crippen LogP contribution in [0, 0.1) is 0 Å². The number of methoxy groups -OCH3 is 3. The SMILES string of the molecule is COc1cc([C@@H]2OC(=O)c3c2ccc(OC)c3OC)ccc1O. The summed E-state index contributed by atoms with van der Waals surface area (Å²) in [7, 11) is 4.44. The summed E-state index contributed by atoms with van der Waals surface area (Å²) in [6.07, 6.45) is -0.591. The highest BCUT2D eigenvalue weighted by Gasteiger charge is 2.37. The van der Waals surface area contributed by atoms with E-state index in [9.17, 15) is 9.90 Å². The third-order valence-corrected chi connectivity index (χ3v) is 3.80. The lowest BCUT2D eigenvalue weighted by Gasteiger charge is -2.14. The Morgan fingerprint density at radius 1 is 1.00 bits per heavy atom. The monoisotopic (exact) mass is 316 g/mol. The minimum Gasteiger partial charge on any atom is -0.504 e. The zero-order valence-corrected chi connectivity index (χ0v) is 13.0. The highest BCUT2D eigenvalue weighted by Crippen LogP contribution is 2.45. The molecule has 120 valence electrons. The van der Waals surface area contributed by atoms with Crippen molar-refractivity contribution in [2.24, 2.45) is 0 Å². The molecule has 6 heteroatoms. The van der Waals surface area contributed by atoms with Crippen LogP contribution in [0.4, 0.5) is 0 Å². The zero-order chi connectivity index (χ0) is 16.6. The molecule has 0 saturated carbocycles. The average Bonchev–Trinajstić information content (AvgIpc) is 2.91. The number of carbonyl (C=O) groups is 1. The van der Waals surface area contributed by atoms with Crippen molar-refractivity contribution < 1.29 is 28.8 Å². The summed E-state index contributed by atoms with van der Waals surface area (Å²) in [5.41, 5.74) is 1.73. The summed E-state index contributed by atoms with van der Waals surface area (Å²) in [5, 5.41) is 9.71. The first-order chi connectivity index (χ1) is 11.1. The van der Waals surface area contributed by atoms with Gasteiger partial charge in [-0.25, -0.2) is 4.79 Å². The van der Waals surface area contributed by atoms with Crippen molar-refractivity contribution in [2.75, 3.05) is 21.3 Å². The first-order valence-electron chi connectivity index (χ1n) is 6.93. The maximum absolute atomic E-state index is 12.3. The number of aromatic hydroxyl groups is 1. The van der Waals surface area contributed by atoms with Crippen LogP contribution in [0.1, 0.15) is 27.6 Å². The number of phenolic OH excluding ortho intramolecular Hbond substituents is 1. The van der Waals surface area contributed by atoms with Gasteiger partial charge in [-0.3, -0.25) is 0 Å². The lowest BCUT2D eigenvalue weighted by Crippen LogP contribution is -2.01. The van der Waals surface area contributed by atoms with Gasteiger partial charge < -0.3 is 24.1 Å². The van der Waals surface area contributed by atoms with Gasteiger partial charge in [-0.15, -0.1) is 0 Å². The van der Waals surface area contributed by atoms with Crippen LogP contribution in [0.3, 0.4) is 0 Å². The van der Waals surface area contributed by atoms with E-state index in [2.05, 4.69) is 0 Å². The lowest BCUT2D eigenvalue weighted by molar-refractivity contribution is 0.0453. The number of hydrogen-bond donors (Lipinski definition) is 1. The number of ether oxygens (including phenoxy) is 4. The number of rotatable bonds is 4. The summed E-state index contributed by atoms with van der Waals surface area (Å²) in [5.74, 6) is 0.670. The fourth-order valence-corrected chi connectivity index (χ4v) is 2.71. The normalized spacial score (nSPS) is 15.8. The summed E-state index contributed by atoms with van der Waals surface area (Å²) in [4.78, 5) is 12.3. The molecule has 2 aromatic rings. The lowest BCUT2D eigenvalue weighted by atomic mass is 9.98. The van der Waals surface area contributed by atoms with Gasteiger partial charge in [-0.1, -0.05) is 12.1 Å². The second kappa shape index (κ2) is 5.72. The van der Waals surface area contributed by atoms with Crippen LogP contribution < -0.4 is 14.2 Å². The molecule has 0 amide bonds. The Labute approximate surface area is 133 Å². The van der Waals surface area contributed by atoms with Crippen molar-refractivity contribution in [3.8, 4) is 23.0 Å². The molecule has 0 aromatic heterocycles. The Balaban J connectivity index is 2.12. The molecule has 1 heterocycles. The molecule has 0 aliphatic carbocycles. The number of hydrogen-bond acceptors (Lipinski definition) is 6. The molecule has 0 fully saturated rings. The number of phenols is 1. The van der Waals surface area contributed by atoms with Crippen LogP contribution in [0.2, 0.25) is 0 Å². The number of cyclic esters (lactones) is 1. The van der Waals surface area contributed by atoms with Crippen LogP contribution in [0.15, 0.2) is 30.3 Å². The highest BCUT2D eigenvalue weighted by atomic mass is 16.6. The number of carbonyl (C=O) groups excluding carboxylic acids is 1. The van der Waals surface area contributed by atoms with Gasteiger partial charge in [0, 0.05) is 11.1 Å². The van der Waals surface area contributed by atoms with E-state index in [1.807, 2.05) is 0 Å². The second-order valence-corrected chi connectivity index (χ2v) is 4.98. The minimum atomic E-state index is -0.591. The van der Waals surface area contributed by atoms with Crippen molar-refractivity contribution in [3.05, 3.63) is 47.0 Å². The molecule has 0 spiro atoms. The fourth-order valence-electron chi connectivity index (χ4n) is 2.71. The molecule has 1 aliphatic rings. The first-order valence-corrected chi connectivity index (χ1v) is 6.93. The van der Waals surface area contributed by atoms with Gasteiger partial charge in [-0.2, -0.15) is 0 Å². The number of benzene rings is 2. The average molecular weight is 316 g/mol. The molecule has 1 atom stereocenters. The molecule has 2 aromatic carbocycles. The standard InChI is InChI=1S/C17H16O6/c1-20-12-7-5-10-14(16(12)22-3)17(19)23-15(10)9-4-6-11(18)13(8-9)21-2/h4-8,15,18H,1-3H3/t15-/m0/s1. The summed E-state index contributed by atoms with van der Waals surface area (Å²) < 4.78 is 21.1. The predicted octanol–water partition coefficient (Wildman–Crippen LogP) is 2.68. The van der Waals surface area contributed by atoms with E-state index in [1.165, 1.54) is 27.4 Å². The second-order valence-electron chi connectivity index (χ2n) is 4.98. The van der Waals surface area contributed by atoms with Gasteiger partial charge in [0.05, 0.1) is 21.3 Å². The molecule has 0 unspecified atom stereocenters. The van der Waals surface area contributed by atoms with E-state index in [0.717, 1.165) is 0 Å². The number of esters is 1. The van der Waals surface area contributed by atoms with E-state index in [1.54, 1.807) is 24.3 Å². The zero-order valence-electron chi connectivity index (χ0n) is 13.0. The van der Waals surface area contributed by atoms with Crippen LogP contribution in [0.25, 0.3) is 0 Å². The quantitative estimate of drug-likeness (QED) is 0.874. The van der Waals surface area contributed by atoms with Crippen LogP contribution in [0.5, 0.6) is 23.0 Å². The molecular weight excluding hydrogens is 300 g/mol. The van der Waals surface area contributed by atoms with Gasteiger partial charge in [-0.05, 0) is 18.2 Å². The molecule has 3 rings (SSSR count). The Morgan fingerprint density at radius 3 is 2.39 bits per heavy atom. The van der Waals surface area contributed by atoms with Crippen LogP contribution in [-0.2, 0) is 4.74 Å². The fraction of sp³-hybridized carbons (Fsp3) is 0.235. The van der Waals surface area contributed by atoms with Gasteiger partial charge in [0.1, 0.15) is 5.56 Å². The van der Waals surface area contributed by atoms with Gasteiger partial charge >= 0.3 is 5.97 Å². The van der Waals surface area contributed by atoms with Gasteiger partial charge in [0.15, 0.2) is 29.1 Å². The van der Waals surface area contributed by atoms with E-state index < -0.39 is 12.1 Å². The minimum absolute atomic E-state index is 0.0214. The molecule has 1 N–H and O–H groups in total. The largest absolute Gasteiger partial charge is 0.504 e. The Hall–Kier alpha value is -2.89. The van der Waals surface area contributed by atoms with E-state index in [0.29, 0.717) is 33.9 Å². The smallest absolute Gasteiger partial charge is 0.343 e. The number of fused-ring (bicyclic) bond motifs is 1. The molecule has 0 saturated heterocycles. The van der Waals surface area contributed by atoms with Crippen molar-refractivity contribution >= 4 is 5.97 Å². The first kappa shape index (κ1) is 15.0. The Kier molecular flexibility index (Phi) is 3.73. The van der Waals surface area contributed by atoms with Crippen molar-refractivity contribution in [1.29, 1.82) is 0 Å². The van der Waals surface area contributed by atoms with Crippen molar-refractivity contribution in [2.45, 2.75) is 6.10 Å². The molecule has 6 nitrogen and oxygen atoms in total. The topological polar surface area (TPSA) is 74.2 Å². The van der Waals surface area contributed by atoms with Gasteiger partial charge in [0.25, 0.3) is 0 Å². The Morgan fingerprint density at radius 2 is 1.74 bits per heavy atom. The van der Waals surface area contributed by atoms with Crippen LogP contribution in [-0.4, -0.2) is 32.4 Å². The molecule has 23 heavy (non-hydrogen) atoms. The maximum Gasteiger partial charge on any atom is 0.343 e. The van der Waals surface area contributed by atoms with E-state index in [-0.39, 0.29) is 5.75 Å². The third kappa shape index (κ3) is 2.32. The summed E-state index contributed by atoms with van der Waals surface area (Å²) in [6.45, 7) is 0. The molecule has 0 bridgehead atoms. The van der Waals surface area contributed by atoms with E-state index in [4.69, 9.17) is 18.9 Å². The van der Waals surface area contributed by atoms with E-state index >= 15 is 0 Å². The van der Waals surface area contributed by atoms with Crippen molar-refractivity contribution in [1.82, 2.24) is 0 Å². The summed E-state index contributed by atoms with van der Waals surface area (Å²) >= 11 is 0. The molecule has 1 aliphatic heterocycles. The predicted molar refractivity (Wildman–Crippen MR) is 81.5 cm³/mol. The third-order valence-electron chi connectivity index (χ3n) is 3.80. The Bertz CT molecular complexity index is 768. The molecular formula is C17H16O6. The van der Waals surface area contributed by atoms with Gasteiger partial charge in [0.2, 0.25) is 0 Å². The summed E-state index contributed by atoms with van der Waals surface area (Å²) in [6, 6.07) is 8.32. The van der Waals surface area contributed by atoms with Crippen LogP contribution >= 0.6 is 0 Å².